The molecule has 7 heteroatoms. The molecular formula is C26H24N4O2S. The summed E-state index contributed by atoms with van der Waals surface area (Å²) in [6.07, 6.45) is 2.64. The van der Waals surface area contributed by atoms with Crippen molar-refractivity contribution in [1.82, 2.24) is 14.7 Å². The van der Waals surface area contributed by atoms with Crippen LogP contribution in [0.3, 0.4) is 0 Å². The van der Waals surface area contributed by atoms with E-state index in [1.54, 1.807) is 29.7 Å². The fourth-order valence-electron chi connectivity index (χ4n) is 4.18. The smallest absolute Gasteiger partial charge is 0.255 e. The Morgan fingerprint density at radius 1 is 1.03 bits per heavy atom. The van der Waals surface area contributed by atoms with Crippen LogP contribution in [0.4, 0.5) is 5.69 Å². The molecule has 3 heterocycles. The van der Waals surface area contributed by atoms with Gasteiger partial charge in [0.25, 0.3) is 11.8 Å². The van der Waals surface area contributed by atoms with E-state index in [4.69, 9.17) is 0 Å². The van der Waals surface area contributed by atoms with Crippen LogP contribution in [0, 0.1) is 13.8 Å². The number of carbonyl (C=O) groups is 2. The van der Waals surface area contributed by atoms with Crippen molar-refractivity contribution in [2.75, 3.05) is 11.9 Å². The number of hydrogen-bond acceptors (Lipinski definition) is 4. The highest BCUT2D eigenvalue weighted by atomic mass is 32.1. The van der Waals surface area contributed by atoms with Gasteiger partial charge in [-0.2, -0.15) is 5.10 Å². The van der Waals surface area contributed by atoms with E-state index in [0.717, 1.165) is 23.4 Å². The lowest BCUT2D eigenvalue weighted by Gasteiger charge is -2.28. The summed E-state index contributed by atoms with van der Waals surface area (Å²) in [5.74, 6) is -0.216. The van der Waals surface area contributed by atoms with Gasteiger partial charge in [-0.1, -0.05) is 6.07 Å². The van der Waals surface area contributed by atoms with Gasteiger partial charge < -0.3 is 10.2 Å². The van der Waals surface area contributed by atoms with Crippen LogP contribution in [-0.4, -0.2) is 33.0 Å². The minimum absolute atomic E-state index is 0.000561. The lowest BCUT2D eigenvalue weighted by atomic mass is 10.0. The number of benzene rings is 2. The molecule has 6 nitrogen and oxygen atoms in total. The number of thiophene rings is 1. The standard InChI is InChI=1S/C26H24N4O2S/c1-17-10-13-27-30(17)21-8-6-19(7-9-21)25(31)28-23-5-3-4-22(18(23)2)26(32)29-14-11-24-20(16-29)12-15-33-24/h3-10,12-13,15H,11,14,16H2,1-2H3,(H,28,31). The number of fused-ring (bicyclic) bond motifs is 1. The maximum absolute atomic E-state index is 13.2. The fourth-order valence-corrected chi connectivity index (χ4v) is 5.07. The number of rotatable bonds is 4. The molecule has 1 N–H and O–H groups in total. The summed E-state index contributed by atoms with van der Waals surface area (Å²) in [7, 11) is 0. The maximum atomic E-state index is 13.2. The summed E-state index contributed by atoms with van der Waals surface area (Å²) in [6, 6.07) is 16.8. The number of carbonyl (C=O) groups excluding carboxylic acids is 2. The predicted molar refractivity (Wildman–Crippen MR) is 130 cm³/mol. The van der Waals surface area contributed by atoms with Crippen LogP contribution in [-0.2, 0) is 13.0 Å². The molecule has 166 valence electrons. The first-order valence-electron chi connectivity index (χ1n) is 10.9. The molecule has 2 aromatic carbocycles. The summed E-state index contributed by atoms with van der Waals surface area (Å²) < 4.78 is 1.82. The van der Waals surface area contributed by atoms with E-state index in [1.807, 2.05) is 59.8 Å². The van der Waals surface area contributed by atoms with E-state index < -0.39 is 0 Å². The average Bonchev–Trinajstić information content (AvgIpc) is 3.48. The van der Waals surface area contributed by atoms with E-state index in [0.29, 0.717) is 29.9 Å². The number of nitrogens with one attached hydrogen (secondary N) is 1. The van der Waals surface area contributed by atoms with Gasteiger partial charge in [-0.05, 0) is 85.3 Å². The normalized spacial score (nSPS) is 13.0. The Morgan fingerprint density at radius 2 is 1.85 bits per heavy atom. The molecule has 0 bridgehead atoms. The number of anilines is 1. The summed E-state index contributed by atoms with van der Waals surface area (Å²) in [5, 5.41) is 9.35. The second-order valence-electron chi connectivity index (χ2n) is 8.21. The molecule has 0 radical (unpaired) electrons. The monoisotopic (exact) mass is 456 g/mol. The van der Waals surface area contributed by atoms with Gasteiger partial charge in [0.05, 0.1) is 5.69 Å². The second-order valence-corrected chi connectivity index (χ2v) is 9.21. The Bertz CT molecular complexity index is 1340. The summed E-state index contributed by atoms with van der Waals surface area (Å²) in [5.41, 5.74) is 5.73. The van der Waals surface area contributed by atoms with Crippen molar-refractivity contribution < 1.29 is 9.59 Å². The molecule has 5 rings (SSSR count). The molecular weight excluding hydrogens is 432 g/mol. The zero-order valence-electron chi connectivity index (χ0n) is 18.5. The van der Waals surface area contributed by atoms with Crippen LogP contribution in [0.15, 0.2) is 66.2 Å². The highest BCUT2D eigenvalue weighted by molar-refractivity contribution is 7.10. The summed E-state index contributed by atoms with van der Waals surface area (Å²) >= 11 is 1.76. The van der Waals surface area contributed by atoms with Crippen molar-refractivity contribution in [1.29, 1.82) is 0 Å². The second kappa shape index (κ2) is 8.67. The SMILES string of the molecule is Cc1c(NC(=O)c2ccc(-n3nccc3C)cc2)cccc1C(=O)N1CCc2sccc2C1. The molecule has 0 spiro atoms. The molecule has 0 aliphatic carbocycles. The van der Waals surface area contributed by atoms with E-state index in [-0.39, 0.29) is 11.8 Å². The number of aromatic nitrogens is 2. The number of aryl methyl sites for hydroxylation is 1. The zero-order valence-corrected chi connectivity index (χ0v) is 19.4. The first-order chi connectivity index (χ1) is 16.0. The maximum Gasteiger partial charge on any atom is 0.255 e. The van der Waals surface area contributed by atoms with Gasteiger partial charge in [0.15, 0.2) is 0 Å². The Labute approximate surface area is 196 Å². The lowest BCUT2D eigenvalue weighted by Crippen LogP contribution is -2.35. The van der Waals surface area contributed by atoms with E-state index in [1.165, 1.54) is 10.4 Å². The fraction of sp³-hybridized carbons (Fsp3) is 0.192. The van der Waals surface area contributed by atoms with Crippen LogP contribution < -0.4 is 5.32 Å². The molecule has 0 saturated carbocycles. The van der Waals surface area contributed by atoms with Crippen molar-refractivity contribution >= 4 is 28.8 Å². The molecule has 2 amide bonds. The molecule has 0 unspecified atom stereocenters. The van der Waals surface area contributed by atoms with Crippen LogP contribution >= 0.6 is 11.3 Å². The quantitative estimate of drug-likeness (QED) is 0.470. The van der Waals surface area contributed by atoms with Crippen molar-refractivity contribution in [2.45, 2.75) is 26.8 Å². The molecule has 1 aliphatic rings. The van der Waals surface area contributed by atoms with Crippen LogP contribution in [0.1, 0.15) is 42.4 Å². The Morgan fingerprint density at radius 3 is 2.61 bits per heavy atom. The van der Waals surface area contributed by atoms with Crippen molar-refractivity contribution in [3.05, 3.63) is 99.0 Å². The lowest BCUT2D eigenvalue weighted by molar-refractivity contribution is 0.0735. The molecule has 33 heavy (non-hydrogen) atoms. The van der Waals surface area contributed by atoms with Crippen molar-refractivity contribution in [3.63, 3.8) is 0 Å². The van der Waals surface area contributed by atoms with E-state index in [2.05, 4.69) is 21.9 Å². The van der Waals surface area contributed by atoms with E-state index in [9.17, 15) is 9.59 Å². The summed E-state index contributed by atoms with van der Waals surface area (Å²) in [4.78, 5) is 29.4. The minimum Gasteiger partial charge on any atom is -0.334 e. The zero-order chi connectivity index (χ0) is 22.9. The Kier molecular flexibility index (Phi) is 5.56. The number of nitrogens with zero attached hydrogens (tertiary/aromatic N) is 3. The third-order valence-corrected chi connectivity index (χ3v) is 7.14. The van der Waals surface area contributed by atoms with Gasteiger partial charge in [-0.15, -0.1) is 11.3 Å². The van der Waals surface area contributed by atoms with E-state index >= 15 is 0 Å². The third-order valence-electron chi connectivity index (χ3n) is 6.11. The molecule has 0 atom stereocenters. The first kappa shape index (κ1) is 21.2. The van der Waals surface area contributed by atoms with Gasteiger partial charge in [-0.3, -0.25) is 9.59 Å². The molecule has 0 saturated heterocycles. The molecule has 4 aromatic rings. The average molecular weight is 457 g/mol. The third kappa shape index (κ3) is 4.07. The van der Waals surface area contributed by atoms with Gasteiger partial charge in [-0.25, -0.2) is 4.68 Å². The van der Waals surface area contributed by atoms with Crippen LogP contribution in [0.2, 0.25) is 0 Å². The topological polar surface area (TPSA) is 67.2 Å². The largest absolute Gasteiger partial charge is 0.334 e. The highest BCUT2D eigenvalue weighted by Gasteiger charge is 2.24. The van der Waals surface area contributed by atoms with Gasteiger partial charge in [0.1, 0.15) is 0 Å². The predicted octanol–water partition coefficient (Wildman–Crippen LogP) is 5.00. The summed E-state index contributed by atoms with van der Waals surface area (Å²) in [6.45, 7) is 5.21. The molecule has 1 aliphatic heterocycles. The van der Waals surface area contributed by atoms with Gasteiger partial charge >= 0.3 is 0 Å². The number of amides is 2. The minimum atomic E-state index is -0.215. The Balaban J connectivity index is 1.32. The van der Waals surface area contributed by atoms with Crippen LogP contribution in [0.25, 0.3) is 5.69 Å². The van der Waals surface area contributed by atoms with Gasteiger partial charge in [0, 0.05) is 46.7 Å². The highest BCUT2D eigenvalue weighted by Crippen LogP contribution is 2.27. The molecule has 0 fully saturated rings. The number of hydrogen-bond donors (Lipinski definition) is 1. The first-order valence-corrected chi connectivity index (χ1v) is 11.8. The van der Waals surface area contributed by atoms with Gasteiger partial charge in [0.2, 0.25) is 0 Å². The Hall–Kier alpha value is -3.71. The van der Waals surface area contributed by atoms with Crippen molar-refractivity contribution in [2.24, 2.45) is 0 Å². The molecule has 2 aromatic heterocycles. The van der Waals surface area contributed by atoms with Crippen molar-refractivity contribution in [3.8, 4) is 5.69 Å². The van der Waals surface area contributed by atoms with Crippen LogP contribution in [0.5, 0.6) is 0 Å².